The molecule has 96 valence electrons. The van der Waals surface area contributed by atoms with E-state index in [9.17, 15) is 9.90 Å². The van der Waals surface area contributed by atoms with E-state index in [0.29, 0.717) is 16.5 Å². The van der Waals surface area contributed by atoms with Gasteiger partial charge in [-0.25, -0.2) is 4.98 Å². The molecule has 2 aromatic rings. The predicted molar refractivity (Wildman–Crippen MR) is 68.6 cm³/mol. The Morgan fingerprint density at radius 2 is 2.33 bits per heavy atom. The summed E-state index contributed by atoms with van der Waals surface area (Å²) in [5, 5.41) is 18.3. The Kier molecular flexibility index (Phi) is 3.44. The number of nitrogens with zero attached hydrogens (tertiary/aromatic N) is 3. The molecule has 0 saturated heterocycles. The molecular weight excluding hydrogens is 252 g/mol. The van der Waals surface area contributed by atoms with Crippen molar-refractivity contribution in [3.8, 4) is 0 Å². The van der Waals surface area contributed by atoms with Crippen molar-refractivity contribution >= 4 is 22.4 Å². The quantitative estimate of drug-likeness (QED) is 0.882. The maximum Gasteiger partial charge on any atom is 0.275 e. The van der Waals surface area contributed by atoms with Gasteiger partial charge in [-0.3, -0.25) is 14.8 Å². The topological polar surface area (TPSA) is 80.0 Å². The molecule has 0 saturated carbocycles. The molecular formula is C11H14N4O2S. The minimum absolute atomic E-state index is 0.260. The molecule has 6 nitrogen and oxygen atoms in total. The first-order valence-corrected chi connectivity index (χ1v) is 6.31. The van der Waals surface area contributed by atoms with Crippen LogP contribution in [0.2, 0.25) is 0 Å². The normalized spacial score (nSPS) is 12.4. The van der Waals surface area contributed by atoms with Gasteiger partial charge in [0.1, 0.15) is 5.69 Å². The molecule has 1 atom stereocenters. The summed E-state index contributed by atoms with van der Waals surface area (Å²) in [4.78, 5) is 16.1. The van der Waals surface area contributed by atoms with Gasteiger partial charge in [-0.2, -0.15) is 5.10 Å². The van der Waals surface area contributed by atoms with Crippen LogP contribution in [0.25, 0.3) is 0 Å². The zero-order chi connectivity index (χ0) is 13.3. The van der Waals surface area contributed by atoms with Crippen molar-refractivity contribution in [2.75, 3.05) is 5.32 Å². The van der Waals surface area contributed by atoms with E-state index in [4.69, 9.17) is 0 Å². The molecule has 1 unspecified atom stereocenters. The van der Waals surface area contributed by atoms with E-state index in [2.05, 4.69) is 15.4 Å². The zero-order valence-corrected chi connectivity index (χ0v) is 11.2. The fourth-order valence-corrected chi connectivity index (χ4v) is 2.31. The smallest absolute Gasteiger partial charge is 0.275 e. The Bertz CT molecular complexity index is 573. The number of nitrogens with one attached hydrogen (secondary N) is 1. The van der Waals surface area contributed by atoms with Crippen LogP contribution in [0.3, 0.4) is 0 Å². The summed E-state index contributed by atoms with van der Waals surface area (Å²) in [6.45, 7) is 3.46. The Balaban J connectivity index is 2.13. The molecule has 18 heavy (non-hydrogen) atoms. The summed E-state index contributed by atoms with van der Waals surface area (Å²) in [7, 11) is 1.71. The molecule has 0 bridgehead atoms. The maximum absolute atomic E-state index is 12.0. The predicted octanol–water partition coefficient (Wildman–Crippen LogP) is 1.49. The van der Waals surface area contributed by atoms with Gasteiger partial charge in [0.15, 0.2) is 5.13 Å². The molecule has 2 heterocycles. The number of aromatic nitrogens is 3. The van der Waals surface area contributed by atoms with Gasteiger partial charge in [0, 0.05) is 12.4 Å². The first-order valence-electron chi connectivity index (χ1n) is 5.43. The lowest BCUT2D eigenvalue weighted by atomic mass is 10.3. The highest BCUT2D eigenvalue weighted by Crippen LogP contribution is 2.20. The molecule has 0 spiro atoms. The van der Waals surface area contributed by atoms with E-state index >= 15 is 0 Å². The van der Waals surface area contributed by atoms with Crippen LogP contribution in [0.4, 0.5) is 5.13 Å². The minimum atomic E-state index is -0.633. The number of aryl methyl sites for hydroxylation is 2. The summed E-state index contributed by atoms with van der Waals surface area (Å²) < 4.78 is 1.52. The molecule has 0 fully saturated rings. The second-order valence-corrected chi connectivity index (χ2v) is 4.86. The van der Waals surface area contributed by atoms with Gasteiger partial charge < -0.3 is 5.11 Å². The molecule has 7 heteroatoms. The third-order valence-corrected chi connectivity index (χ3v) is 3.18. The summed E-state index contributed by atoms with van der Waals surface area (Å²) in [5.41, 5.74) is 1.81. The number of hydrogen-bond donors (Lipinski definition) is 2. The average Bonchev–Trinajstić information content (AvgIpc) is 2.85. The largest absolute Gasteiger partial charge is 0.387 e. The third kappa shape index (κ3) is 2.57. The van der Waals surface area contributed by atoms with Gasteiger partial charge >= 0.3 is 0 Å². The second kappa shape index (κ2) is 4.87. The zero-order valence-electron chi connectivity index (χ0n) is 10.3. The van der Waals surface area contributed by atoms with Crippen molar-refractivity contribution in [3.63, 3.8) is 0 Å². The van der Waals surface area contributed by atoms with E-state index in [-0.39, 0.29) is 5.91 Å². The van der Waals surface area contributed by atoms with Gasteiger partial charge in [-0.05, 0) is 19.9 Å². The van der Waals surface area contributed by atoms with Gasteiger partial charge in [-0.15, -0.1) is 11.3 Å². The van der Waals surface area contributed by atoms with Gasteiger partial charge in [0.25, 0.3) is 5.91 Å². The Morgan fingerprint density at radius 1 is 1.61 bits per heavy atom. The van der Waals surface area contributed by atoms with Crippen molar-refractivity contribution in [2.24, 2.45) is 7.05 Å². The number of carbonyl (C=O) groups excluding carboxylic acids is 1. The first kappa shape index (κ1) is 12.7. The molecule has 0 aliphatic carbocycles. The summed E-state index contributed by atoms with van der Waals surface area (Å²) in [6, 6.07) is 1.71. The summed E-state index contributed by atoms with van der Waals surface area (Å²) in [6.07, 6.45) is -0.633. The molecule has 0 aliphatic heterocycles. The highest BCUT2D eigenvalue weighted by molar-refractivity contribution is 7.14. The van der Waals surface area contributed by atoms with Crippen molar-refractivity contribution < 1.29 is 9.90 Å². The molecule has 0 aliphatic rings. The van der Waals surface area contributed by atoms with Crippen LogP contribution >= 0.6 is 11.3 Å². The molecule has 2 N–H and O–H groups in total. The minimum Gasteiger partial charge on any atom is -0.387 e. The number of aliphatic hydroxyl groups excluding tert-OH is 1. The van der Waals surface area contributed by atoms with Crippen LogP contribution in [0.1, 0.15) is 34.9 Å². The molecule has 0 radical (unpaired) electrons. The molecule has 1 amide bonds. The summed E-state index contributed by atoms with van der Waals surface area (Å²) >= 11 is 1.28. The van der Waals surface area contributed by atoms with Crippen LogP contribution in [-0.4, -0.2) is 25.8 Å². The van der Waals surface area contributed by atoms with Gasteiger partial charge in [0.05, 0.1) is 17.5 Å². The fraction of sp³-hybridized carbons (Fsp3) is 0.364. The van der Waals surface area contributed by atoms with Crippen LogP contribution in [-0.2, 0) is 7.05 Å². The first-order chi connectivity index (χ1) is 8.47. The average molecular weight is 266 g/mol. The second-order valence-electron chi connectivity index (χ2n) is 4.00. The van der Waals surface area contributed by atoms with Crippen LogP contribution in [0.15, 0.2) is 11.4 Å². The van der Waals surface area contributed by atoms with Crippen molar-refractivity contribution in [1.29, 1.82) is 0 Å². The van der Waals surface area contributed by atoms with Crippen LogP contribution < -0.4 is 5.32 Å². The SMILES string of the molecule is Cc1cc(C(=O)Nc2nc(C(C)O)cs2)n(C)n1. The number of carbonyl (C=O) groups is 1. The van der Waals surface area contributed by atoms with E-state index in [1.165, 1.54) is 16.0 Å². The number of rotatable bonds is 3. The van der Waals surface area contributed by atoms with Gasteiger partial charge in [0.2, 0.25) is 0 Å². The lowest BCUT2D eigenvalue weighted by Crippen LogP contribution is -2.16. The monoisotopic (exact) mass is 266 g/mol. The number of hydrogen-bond acceptors (Lipinski definition) is 5. The molecule has 2 rings (SSSR count). The standard InChI is InChI=1S/C11H14N4O2S/c1-6-4-9(15(3)14-6)10(17)13-11-12-8(5-18-11)7(2)16/h4-5,7,16H,1-3H3,(H,12,13,17). The highest BCUT2D eigenvalue weighted by atomic mass is 32.1. The number of thiazole rings is 1. The van der Waals surface area contributed by atoms with E-state index < -0.39 is 6.10 Å². The van der Waals surface area contributed by atoms with Gasteiger partial charge in [-0.1, -0.05) is 0 Å². The highest BCUT2D eigenvalue weighted by Gasteiger charge is 2.14. The molecule has 2 aromatic heterocycles. The molecule has 0 aromatic carbocycles. The number of anilines is 1. The van der Waals surface area contributed by atoms with E-state index in [1.807, 2.05) is 6.92 Å². The Hall–Kier alpha value is -1.73. The number of amides is 1. The Morgan fingerprint density at radius 3 is 2.83 bits per heavy atom. The van der Waals surface area contributed by atoms with Crippen molar-refractivity contribution in [3.05, 3.63) is 28.5 Å². The summed E-state index contributed by atoms with van der Waals surface area (Å²) in [5.74, 6) is -0.260. The van der Waals surface area contributed by atoms with E-state index in [1.54, 1.807) is 25.4 Å². The van der Waals surface area contributed by atoms with Crippen molar-refractivity contribution in [1.82, 2.24) is 14.8 Å². The number of aliphatic hydroxyl groups is 1. The lowest BCUT2D eigenvalue weighted by molar-refractivity contribution is 0.101. The van der Waals surface area contributed by atoms with Crippen LogP contribution in [0.5, 0.6) is 0 Å². The maximum atomic E-state index is 12.0. The fourth-order valence-electron chi connectivity index (χ4n) is 1.52. The lowest BCUT2D eigenvalue weighted by Gasteiger charge is -2.01. The van der Waals surface area contributed by atoms with Crippen LogP contribution in [0, 0.1) is 6.92 Å². The Labute approximate surface area is 108 Å². The van der Waals surface area contributed by atoms with Crippen molar-refractivity contribution in [2.45, 2.75) is 20.0 Å². The third-order valence-electron chi connectivity index (χ3n) is 2.41. The van der Waals surface area contributed by atoms with E-state index in [0.717, 1.165) is 5.69 Å².